The Hall–Kier alpha value is -1.38. The molecule has 5 heteroatoms. The van der Waals surface area contributed by atoms with Gasteiger partial charge in [0.2, 0.25) is 0 Å². The van der Waals surface area contributed by atoms with E-state index in [-0.39, 0.29) is 6.04 Å². The molecule has 1 N–H and O–H groups in total. The molecular weight excluding hydrogens is 202 g/mol. The summed E-state index contributed by atoms with van der Waals surface area (Å²) in [5, 5.41) is 16.8. The fraction of sp³-hybridized carbons (Fsp3) is 0.636. The van der Waals surface area contributed by atoms with Gasteiger partial charge in [-0.25, -0.2) is 0 Å². The fourth-order valence-corrected chi connectivity index (χ4v) is 2.07. The van der Waals surface area contributed by atoms with Gasteiger partial charge in [0.25, 0.3) is 0 Å². The second kappa shape index (κ2) is 4.64. The third kappa shape index (κ3) is 1.94. The minimum absolute atomic E-state index is 0.157. The lowest BCUT2D eigenvalue weighted by atomic mass is 10.1. The van der Waals surface area contributed by atoms with Gasteiger partial charge >= 0.3 is 0 Å². The van der Waals surface area contributed by atoms with Gasteiger partial charge in [0.1, 0.15) is 6.04 Å². The van der Waals surface area contributed by atoms with Crippen molar-refractivity contribution < 1.29 is 0 Å². The Kier molecular flexibility index (Phi) is 3.22. The molecule has 1 fully saturated rings. The van der Waals surface area contributed by atoms with Crippen molar-refractivity contribution in [1.82, 2.24) is 20.0 Å². The van der Waals surface area contributed by atoms with Crippen molar-refractivity contribution in [3.63, 3.8) is 0 Å². The lowest BCUT2D eigenvalue weighted by Crippen LogP contribution is -2.44. The van der Waals surface area contributed by atoms with Crippen molar-refractivity contribution in [2.45, 2.75) is 13.0 Å². The van der Waals surface area contributed by atoms with Crippen LogP contribution in [0.1, 0.15) is 17.3 Å². The number of rotatable bonds is 2. The molecule has 2 rings (SSSR count). The molecule has 1 aliphatic rings. The molecule has 0 aromatic carbocycles. The van der Waals surface area contributed by atoms with Crippen molar-refractivity contribution in [3.8, 4) is 6.07 Å². The topological polar surface area (TPSA) is 56.9 Å². The minimum Gasteiger partial charge on any atom is -0.314 e. The average molecular weight is 219 g/mol. The number of hydrogen-bond acceptors (Lipinski definition) is 4. The molecular formula is C11H17N5. The second-order valence-electron chi connectivity index (χ2n) is 4.13. The molecule has 0 saturated carbocycles. The number of hydrogen-bond donors (Lipinski definition) is 1. The maximum absolute atomic E-state index is 9.32. The number of aromatic nitrogens is 2. The van der Waals surface area contributed by atoms with Crippen LogP contribution in [0.15, 0.2) is 6.20 Å². The van der Waals surface area contributed by atoms with E-state index in [0.717, 1.165) is 37.4 Å². The van der Waals surface area contributed by atoms with Crippen LogP contribution in [0.3, 0.4) is 0 Å². The highest BCUT2D eigenvalue weighted by Gasteiger charge is 2.24. The third-order valence-corrected chi connectivity index (χ3v) is 3.21. The molecule has 1 saturated heterocycles. The molecule has 0 radical (unpaired) electrons. The van der Waals surface area contributed by atoms with Crippen LogP contribution in [-0.2, 0) is 7.05 Å². The van der Waals surface area contributed by atoms with Gasteiger partial charge in [-0.2, -0.15) is 10.4 Å². The van der Waals surface area contributed by atoms with Gasteiger partial charge in [0.15, 0.2) is 0 Å². The first kappa shape index (κ1) is 11.1. The smallest absolute Gasteiger partial charge is 0.127 e. The molecule has 0 bridgehead atoms. The van der Waals surface area contributed by atoms with Gasteiger partial charge in [-0.15, -0.1) is 0 Å². The summed E-state index contributed by atoms with van der Waals surface area (Å²) in [6.07, 6.45) is 1.81. The Labute approximate surface area is 95.7 Å². The van der Waals surface area contributed by atoms with Gasteiger partial charge in [0, 0.05) is 44.5 Å². The Morgan fingerprint density at radius 2 is 2.19 bits per heavy atom. The zero-order valence-electron chi connectivity index (χ0n) is 9.77. The van der Waals surface area contributed by atoms with Crippen molar-refractivity contribution in [2.24, 2.45) is 7.05 Å². The summed E-state index contributed by atoms with van der Waals surface area (Å²) in [6.45, 7) is 5.77. The van der Waals surface area contributed by atoms with E-state index >= 15 is 0 Å². The Morgan fingerprint density at radius 3 is 2.69 bits per heavy atom. The summed E-state index contributed by atoms with van der Waals surface area (Å²) in [5.74, 6) is 0. The van der Waals surface area contributed by atoms with Crippen molar-refractivity contribution >= 4 is 0 Å². The number of nitrogens with zero attached hydrogens (tertiary/aromatic N) is 4. The molecule has 1 aliphatic heterocycles. The zero-order chi connectivity index (χ0) is 11.5. The largest absolute Gasteiger partial charge is 0.314 e. The van der Waals surface area contributed by atoms with Crippen LogP contribution in [0.4, 0.5) is 0 Å². The highest BCUT2D eigenvalue weighted by molar-refractivity contribution is 5.26. The first-order chi connectivity index (χ1) is 7.74. The molecule has 16 heavy (non-hydrogen) atoms. The van der Waals surface area contributed by atoms with E-state index < -0.39 is 0 Å². The third-order valence-electron chi connectivity index (χ3n) is 3.21. The lowest BCUT2D eigenvalue weighted by Gasteiger charge is -2.30. The van der Waals surface area contributed by atoms with Gasteiger partial charge in [0.05, 0.1) is 12.3 Å². The van der Waals surface area contributed by atoms with Crippen molar-refractivity contribution in [1.29, 1.82) is 5.26 Å². The first-order valence-electron chi connectivity index (χ1n) is 5.57. The molecule has 5 nitrogen and oxygen atoms in total. The standard InChI is InChI=1S/C11H17N5/c1-9-10(8-14-15(9)2)11(7-12)16-5-3-13-4-6-16/h8,11,13H,3-6H2,1-2H3. The zero-order valence-corrected chi connectivity index (χ0v) is 9.77. The fourth-order valence-electron chi connectivity index (χ4n) is 2.07. The van der Waals surface area contributed by atoms with E-state index in [2.05, 4.69) is 21.4 Å². The Morgan fingerprint density at radius 1 is 1.50 bits per heavy atom. The Balaban J connectivity index is 2.22. The number of aryl methyl sites for hydroxylation is 1. The molecule has 86 valence electrons. The Bertz CT molecular complexity index is 397. The summed E-state index contributed by atoms with van der Waals surface area (Å²) in [6, 6.07) is 2.23. The van der Waals surface area contributed by atoms with Crippen LogP contribution in [0, 0.1) is 18.3 Å². The monoisotopic (exact) mass is 219 g/mol. The lowest BCUT2D eigenvalue weighted by molar-refractivity contribution is 0.207. The number of piperazine rings is 1. The van der Waals surface area contributed by atoms with E-state index in [4.69, 9.17) is 0 Å². The van der Waals surface area contributed by atoms with Crippen LogP contribution in [0.2, 0.25) is 0 Å². The summed E-state index contributed by atoms with van der Waals surface area (Å²) in [7, 11) is 1.91. The van der Waals surface area contributed by atoms with E-state index in [1.807, 2.05) is 24.9 Å². The van der Waals surface area contributed by atoms with Crippen LogP contribution in [0.25, 0.3) is 0 Å². The van der Waals surface area contributed by atoms with Gasteiger partial charge < -0.3 is 5.32 Å². The SMILES string of the molecule is Cc1c(C(C#N)N2CCNCC2)cnn1C. The number of nitriles is 1. The van der Waals surface area contributed by atoms with Crippen LogP contribution in [0.5, 0.6) is 0 Å². The predicted octanol–water partition coefficient (Wildman–Crippen LogP) is 0.198. The molecule has 0 aliphatic carbocycles. The van der Waals surface area contributed by atoms with E-state index in [9.17, 15) is 5.26 Å². The van der Waals surface area contributed by atoms with E-state index in [1.165, 1.54) is 0 Å². The van der Waals surface area contributed by atoms with E-state index in [0.29, 0.717) is 0 Å². The molecule has 1 unspecified atom stereocenters. The summed E-state index contributed by atoms with van der Waals surface area (Å²) in [4.78, 5) is 2.21. The molecule has 2 heterocycles. The highest BCUT2D eigenvalue weighted by atomic mass is 15.3. The van der Waals surface area contributed by atoms with Gasteiger partial charge in [-0.05, 0) is 6.92 Å². The normalized spacial score (nSPS) is 19.3. The number of nitrogens with one attached hydrogen (secondary N) is 1. The predicted molar refractivity (Wildman–Crippen MR) is 60.7 cm³/mol. The maximum Gasteiger partial charge on any atom is 0.127 e. The summed E-state index contributed by atoms with van der Waals surface area (Å²) in [5.41, 5.74) is 2.11. The van der Waals surface area contributed by atoms with Gasteiger partial charge in [-0.3, -0.25) is 9.58 Å². The molecule has 1 atom stereocenters. The minimum atomic E-state index is -0.157. The van der Waals surface area contributed by atoms with Crippen LogP contribution >= 0.6 is 0 Å². The molecule has 0 amide bonds. The molecule has 1 aromatic rings. The first-order valence-corrected chi connectivity index (χ1v) is 5.57. The van der Waals surface area contributed by atoms with Crippen molar-refractivity contribution in [2.75, 3.05) is 26.2 Å². The maximum atomic E-state index is 9.32. The van der Waals surface area contributed by atoms with E-state index in [1.54, 1.807) is 0 Å². The second-order valence-corrected chi connectivity index (χ2v) is 4.13. The van der Waals surface area contributed by atoms with Crippen LogP contribution < -0.4 is 5.32 Å². The highest BCUT2D eigenvalue weighted by Crippen LogP contribution is 2.22. The average Bonchev–Trinajstić information content (AvgIpc) is 2.64. The summed E-state index contributed by atoms with van der Waals surface area (Å²) >= 11 is 0. The van der Waals surface area contributed by atoms with Gasteiger partial charge in [-0.1, -0.05) is 0 Å². The molecule has 1 aromatic heterocycles. The van der Waals surface area contributed by atoms with Crippen molar-refractivity contribution in [3.05, 3.63) is 17.5 Å². The molecule has 0 spiro atoms. The quantitative estimate of drug-likeness (QED) is 0.772. The summed E-state index contributed by atoms with van der Waals surface area (Å²) < 4.78 is 1.82. The van der Waals surface area contributed by atoms with Crippen LogP contribution in [-0.4, -0.2) is 40.9 Å².